The summed E-state index contributed by atoms with van der Waals surface area (Å²) in [7, 11) is 0. The minimum Gasteiger partial charge on any atom is -0.486 e. The first-order valence-corrected chi connectivity index (χ1v) is 14.1. The van der Waals surface area contributed by atoms with Gasteiger partial charge in [0.25, 0.3) is 5.19 Å². The second-order valence-corrected chi connectivity index (χ2v) is 11.3. The second kappa shape index (κ2) is 12.8. The summed E-state index contributed by atoms with van der Waals surface area (Å²) in [6, 6.07) is 1.92. The Morgan fingerprint density at radius 1 is 1.12 bits per heavy atom. The van der Waals surface area contributed by atoms with Gasteiger partial charge in [0, 0.05) is 31.0 Å². The van der Waals surface area contributed by atoms with E-state index in [0.717, 1.165) is 56.0 Å². The van der Waals surface area contributed by atoms with E-state index in [2.05, 4.69) is 15.3 Å². The highest BCUT2D eigenvalue weighted by Crippen LogP contribution is 2.43. The van der Waals surface area contributed by atoms with Crippen LogP contribution in [0.4, 0.5) is 13.2 Å². The van der Waals surface area contributed by atoms with Crippen molar-refractivity contribution in [1.82, 2.24) is 20.0 Å². The normalized spacial score (nSPS) is 22.4. The molecule has 0 saturated carbocycles. The van der Waals surface area contributed by atoms with Crippen LogP contribution in [0.2, 0.25) is 5.02 Å². The molecule has 1 saturated heterocycles. The van der Waals surface area contributed by atoms with Gasteiger partial charge >= 0.3 is 24.1 Å². The largest absolute Gasteiger partial charge is 0.486 e. The molecule has 0 spiro atoms. The van der Waals surface area contributed by atoms with Gasteiger partial charge in [-0.3, -0.25) is 14.4 Å². The van der Waals surface area contributed by atoms with E-state index in [1.165, 1.54) is 22.3 Å². The molecule has 4 rings (SSSR count). The average molecular weight is 651 g/mol. The van der Waals surface area contributed by atoms with Gasteiger partial charge in [-0.15, -0.1) is 5.10 Å². The molecule has 1 fully saturated rings. The van der Waals surface area contributed by atoms with Crippen molar-refractivity contribution in [3.8, 4) is 16.6 Å². The Balaban J connectivity index is 1.79. The van der Waals surface area contributed by atoms with E-state index >= 15 is 0 Å². The van der Waals surface area contributed by atoms with Crippen molar-refractivity contribution in [3.05, 3.63) is 40.4 Å². The number of carbonyl (C=O) groups is 3. The maximum atomic E-state index is 13.3. The molecule has 1 aliphatic rings. The Bertz CT molecular complexity index is 1470. The highest BCUT2D eigenvalue weighted by molar-refractivity contribution is 7.99. The molecule has 5 unspecified atom stereocenters. The van der Waals surface area contributed by atoms with E-state index < -0.39 is 71.1 Å². The number of alkyl halides is 3. The van der Waals surface area contributed by atoms with Crippen LogP contribution in [0.25, 0.3) is 11.4 Å². The first kappa shape index (κ1) is 31.5. The lowest BCUT2D eigenvalue weighted by molar-refractivity contribution is -0.212. The summed E-state index contributed by atoms with van der Waals surface area (Å²) in [6.07, 6.45) is -6.94. The van der Waals surface area contributed by atoms with Crippen molar-refractivity contribution in [3.63, 3.8) is 0 Å². The predicted molar refractivity (Wildman–Crippen MR) is 141 cm³/mol. The molecule has 226 valence electrons. The summed E-state index contributed by atoms with van der Waals surface area (Å²) < 4.78 is 63.5. The number of rotatable bonds is 8. The zero-order chi connectivity index (χ0) is 30.8. The molecule has 0 bridgehead atoms. The molecular weight excluding hydrogens is 629 g/mol. The third kappa shape index (κ3) is 7.50. The van der Waals surface area contributed by atoms with Gasteiger partial charge in [-0.1, -0.05) is 39.9 Å². The van der Waals surface area contributed by atoms with Crippen LogP contribution in [0.15, 0.2) is 34.7 Å². The summed E-state index contributed by atoms with van der Waals surface area (Å²) in [5.74, 6) is -2.16. The fourth-order valence-electron chi connectivity index (χ4n) is 4.13. The van der Waals surface area contributed by atoms with Crippen molar-refractivity contribution in [2.45, 2.75) is 61.6 Å². The van der Waals surface area contributed by atoms with Gasteiger partial charge in [0.1, 0.15) is 35.6 Å². The number of hydrogen-bond acceptors (Lipinski definition) is 13. The monoisotopic (exact) mass is 650 g/mol. The SMILES string of the molecule is CC(=O)OCC1OC(Sc2ccc(C(F)(F)F)c(Cl)c2)C(OC(C)=O)C(n2cc(-c3csc(O)n3)nn2)C1OC(C)=O. The van der Waals surface area contributed by atoms with E-state index in [0.29, 0.717) is 0 Å². The first-order valence-electron chi connectivity index (χ1n) is 12.0. The van der Waals surface area contributed by atoms with E-state index in [4.69, 9.17) is 30.5 Å². The Kier molecular flexibility index (Phi) is 9.64. The van der Waals surface area contributed by atoms with Crippen molar-refractivity contribution in [2.75, 3.05) is 6.61 Å². The number of benzene rings is 1. The minimum atomic E-state index is -4.68. The van der Waals surface area contributed by atoms with Crippen LogP contribution >= 0.6 is 34.7 Å². The highest BCUT2D eigenvalue weighted by Gasteiger charge is 2.52. The number of carbonyl (C=O) groups excluding carboxylic acids is 3. The molecule has 18 heteroatoms. The third-order valence-corrected chi connectivity index (χ3v) is 7.83. The molecule has 0 aliphatic carbocycles. The quantitative estimate of drug-likeness (QED) is 0.274. The fraction of sp³-hybridized carbons (Fsp3) is 0.417. The van der Waals surface area contributed by atoms with Gasteiger partial charge in [0.2, 0.25) is 0 Å². The number of aromatic hydroxyl groups is 1. The molecule has 5 atom stereocenters. The average Bonchev–Trinajstić information content (AvgIpc) is 3.52. The summed E-state index contributed by atoms with van der Waals surface area (Å²) in [5, 5.41) is 18.6. The number of hydrogen-bond donors (Lipinski definition) is 1. The Morgan fingerprint density at radius 2 is 1.81 bits per heavy atom. The molecule has 1 aliphatic heterocycles. The molecule has 1 aromatic carbocycles. The van der Waals surface area contributed by atoms with E-state index in [-0.39, 0.29) is 21.5 Å². The molecule has 12 nitrogen and oxygen atoms in total. The van der Waals surface area contributed by atoms with Gasteiger partial charge in [0.05, 0.1) is 16.8 Å². The Hall–Kier alpha value is -3.41. The number of thiazole rings is 1. The van der Waals surface area contributed by atoms with E-state index in [9.17, 15) is 32.7 Å². The Labute approximate surface area is 249 Å². The second-order valence-electron chi connectivity index (χ2n) is 8.84. The maximum absolute atomic E-state index is 13.3. The fourth-order valence-corrected chi connectivity index (χ4v) is 6.18. The van der Waals surface area contributed by atoms with Gasteiger partial charge in [0.15, 0.2) is 12.2 Å². The minimum absolute atomic E-state index is 0.214. The smallest absolute Gasteiger partial charge is 0.417 e. The summed E-state index contributed by atoms with van der Waals surface area (Å²) in [5.41, 5.74) is -1.70. The lowest BCUT2D eigenvalue weighted by Gasteiger charge is -2.44. The molecule has 0 radical (unpaired) electrons. The molecule has 2 aromatic heterocycles. The number of aromatic nitrogens is 4. The van der Waals surface area contributed by atoms with Gasteiger partial charge < -0.3 is 24.1 Å². The predicted octanol–water partition coefficient (Wildman–Crippen LogP) is 4.26. The van der Waals surface area contributed by atoms with Gasteiger partial charge in [-0.2, -0.15) is 13.2 Å². The molecule has 0 amide bonds. The lowest BCUT2D eigenvalue weighted by atomic mass is 9.96. The van der Waals surface area contributed by atoms with Crippen LogP contribution in [0.1, 0.15) is 32.4 Å². The molecular formula is C24H22ClF3N4O8S2. The van der Waals surface area contributed by atoms with Gasteiger partial charge in [-0.05, 0) is 18.2 Å². The number of esters is 3. The van der Waals surface area contributed by atoms with Crippen LogP contribution < -0.4 is 0 Å². The van der Waals surface area contributed by atoms with Crippen LogP contribution in [-0.4, -0.2) is 73.3 Å². The maximum Gasteiger partial charge on any atom is 0.417 e. The van der Waals surface area contributed by atoms with E-state index in [1.54, 1.807) is 0 Å². The highest BCUT2D eigenvalue weighted by atomic mass is 35.5. The van der Waals surface area contributed by atoms with Crippen molar-refractivity contribution in [1.29, 1.82) is 0 Å². The van der Waals surface area contributed by atoms with E-state index in [1.807, 2.05) is 0 Å². The first-order chi connectivity index (χ1) is 19.7. The lowest BCUT2D eigenvalue weighted by Crippen LogP contribution is -2.57. The Morgan fingerprint density at radius 3 is 2.38 bits per heavy atom. The van der Waals surface area contributed by atoms with Crippen LogP contribution in [0.3, 0.4) is 0 Å². The van der Waals surface area contributed by atoms with Crippen LogP contribution in [-0.2, 0) is 39.5 Å². The van der Waals surface area contributed by atoms with Crippen molar-refractivity contribution >= 4 is 52.6 Å². The van der Waals surface area contributed by atoms with Crippen LogP contribution in [0.5, 0.6) is 5.19 Å². The number of ether oxygens (including phenoxy) is 4. The van der Waals surface area contributed by atoms with Crippen LogP contribution in [0, 0.1) is 0 Å². The van der Waals surface area contributed by atoms with Crippen molar-refractivity contribution in [2.24, 2.45) is 0 Å². The number of nitrogens with zero attached hydrogens (tertiary/aromatic N) is 4. The molecule has 3 heterocycles. The summed E-state index contributed by atoms with van der Waals surface area (Å²) in [4.78, 5) is 40.2. The standard InChI is InChI=1S/C24H22ClF3N4O8S2/c1-10(33)37-8-18-20(38-11(2)34)19(32-7-16(30-31-32)17-9-41-23(36)29-17)21(39-12(3)35)22(40-18)42-13-4-5-14(15(25)6-13)24(26,27)28/h4-7,9,18-22H,8H2,1-3H3,(H,29,36). The van der Waals surface area contributed by atoms with Gasteiger partial charge in [-0.25, -0.2) is 9.67 Å². The number of thioether (sulfide) groups is 1. The molecule has 1 N–H and O–H groups in total. The number of halogens is 4. The van der Waals surface area contributed by atoms with Crippen molar-refractivity contribution < 1.29 is 51.6 Å². The molecule has 42 heavy (non-hydrogen) atoms. The zero-order valence-electron chi connectivity index (χ0n) is 21.9. The summed E-state index contributed by atoms with van der Waals surface area (Å²) >= 11 is 7.74. The third-order valence-electron chi connectivity index (χ3n) is 5.74. The summed E-state index contributed by atoms with van der Waals surface area (Å²) in [6.45, 7) is 3.02. The zero-order valence-corrected chi connectivity index (χ0v) is 24.3. The topological polar surface area (TPSA) is 152 Å². The molecule has 3 aromatic rings.